The Bertz CT molecular complexity index is 1280. The van der Waals surface area contributed by atoms with Crippen LogP contribution >= 0.6 is 23.2 Å². The summed E-state index contributed by atoms with van der Waals surface area (Å²) in [5.74, 6) is -1.11. The van der Waals surface area contributed by atoms with Gasteiger partial charge in [0.05, 0.1) is 26.8 Å². The van der Waals surface area contributed by atoms with Crippen molar-refractivity contribution in [3.63, 3.8) is 0 Å². The summed E-state index contributed by atoms with van der Waals surface area (Å²) in [4.78, 5) is 37.6. The summed E-state index contributed by atoms with van der Waals surface area (Å²) in [6.45, 7) is -0.513. The number of rotatable bonds is 5. The highest BCUT2D eigenvalue weighted by Crippen LogP contribution is 2.25. The second-order valence-corrected chi connectivity index (χ2v) is 7.26. The molecule has 0 atom stereocenters. The maximum atomic E-state index is 12.8. The number of pyridine rings is 3. The molecule has 3 aromatic heterocycles. The van der Waals surface area contributed by atoms with Gasteiger partial charge in [-0.1, -0.05) is 41.4 Å². The van der Waals surface area contributed by atoms with Crippen molar-refractivity contribution in [1.29, 1.82) is 0 Å². The van der Waals surface area contributed by atoms with Gasteiger partial charge in [0, 0.05) is 29.5 Å². The van der Waals surface area contributed by atoms with E-state index in [1.165, 1.54) is 12.3 Å². The number of fused-ring (bicyclic) bond motifs is 1. The predicted molar refractivity (Wildman–Crippen MR) is 118 cm³/mol. The van der Waals surface area contributed by atoms with Crippen molar-refractivity contribution in [3.05, 3.63) is 82.7 Å². The van der Waals surface area contributed by atoms with E-state index in [4.69, 9.17) is 27.9 Å². The first kappa shape index (κ1) is 20.7. The summed E-state index contributed by atoms with van der Waals surface area (Å²) in [6, 6.07) is 13.9. The molecular weight excluding hydrogens is 439 g/mol. The van der Waals surface area contributed by atoms with Gasteiger partial charge in [-0.05, 0) is 30.3 Å². The number of amides is 1. The van der Waals surface area contributed by atoms with E-state index < -0.39 is 18.5 Å². The first-order chi connectivity index (χ1) is 15.0. The van der Waals surface area contributed by atoms with Crippen molar-refractivity contribution in [1.82, 2.24) is 15.0 Å². The quantitative estimate of drug-likeness (QED) is 0.437. The lowest BCUT2D eigenvalue weighted by molar-refractivity contribution is -0.119. The molecule has 31 heavy (non-hydrogen) atoms. The van der Waals surface area contributed by atoms with Gasteiger partial charge in [-0.25, -0.2) is 14.8 Å². The van der Waals surface area contributed by atoms with Crippen molar-refractivity contribution in [3.8, 4) is 11.3 Å². The van der Waals surface area contributed by atoms with Crippen molar-refractivity contribution in [2.24, 2.45) is 0 Å². The molecule has 7 nitrogen and oxygen atoms in total. The van der Waals surface area contributed by atoms with Gasteiger partial charge in [0.2, 0.25) is 0 Å². The van der Waals surface area contributed by atoms with Crippen molar-refractivity contribution >= 4 is 51.8 Å². The third kappa shape index (κ3) is 4.79. The number of halogens is 2. The molecule has 0 radical (unpaired) electrons. The maximum absolute atomic E-state index is 12.8. The van der Waals surface area contributed by atoms with Crippen LogP contribution in [0.15, 0.2) is 67.1 Å². The van der Waals surface area contributed by atoms with E-state index in [-0.39, 0.29) is 10.8 Å². The van der Waals surface area contributed by atoms with E-state index in [9.17, 15) is 9.59 Å². The molecule has 0 aliphatic heterocycles. The third-order valence-corrected chi connectivity index (χ3v) is 4.81. The monoisotopic (exact) mass is 452 g/mol. The minimum absolute atomic E-state index is 0.126. The number of anilines is 1. The summed E-state index contributed by atoms with van der Waals surface area (Å²) >= 11 is 11.8. The van der Waals surface area contributed by atoms with Crippen LogP contribution in [0.2, 0.25) is 10.0 Å². The van der Waals surface area contributed by atoms with Gasteiger partial charge in [0.15, 0.2) is 12.4 Å². The SMILES string of the molecule is O=C(COC(=O)c1cc(-c2ccncc2)nc2ccccc12)Nc1ncc(Cl)cc1Cl. The highest BCUT2D eigenvalue weighted by molar-refractivity contribution is 6.36. The second kappa shape index (κ2) is 9.07. The van der Waals surface area contributed by atoms with E-state index in [1.807, 2.05) is 6.07 Å². The zero-order valence-corrected chi connectivity index (χ0v) is 17.4. The number of hydrogen-bond donors (Lipinski definition) is 1. The summed E-state index contributed by atoms with van der Waals surface area (Å²) in [5.41, 5.74) is 2.32. The number of nitrogens with zero attached hydrogens (tertiary/aromatic N) is 3. The minimum Gasteiger partial charge on any atom is -0.452 e. The highest BCUT2D eigenvalue weighted by Gasteiger charge is 2.17. The van der Waals surface area contributed by atoms with E-state index in [0.717, 1.165) is 5.56 Å². The molecule has 3 heterocycles. The van der Waals surface area contributed by atoms with Crippen LogP contribution in [0.4, 0.5) is 5.82 Å². The summed E-state index contributed by atoms with van der Waals surface area (Å²) in [7, 11) is 0. The van der Waals surface area contributed by atoms with Gasteiger partial charge in [-0.15, -0.1) is 0 Å². The lowest BCUT2D eigenvalue weighted by Crippen LogP contribution is -2.21. The normalized spacial score (nSPS) is 10.6. The van der Waals surface area contributed by atoms with Crippen LogP contribution in [0.1, 0.15) is 10.4 Å². The Hall–Kier alpha value is -3.55. The van der Waals surface area contributed by atoms with Crippen LogP contribution in [0.3, 0.4) is 0 Å². The fourth-order valence-corrected chi connectivity index (χ4v) is 3.33. The number of ether oxygens (including phenoxy) is 1. The molecule has 0 bridgehead atoms. The summed E-state index contributed by atoms with van der Waals surface area (Å²) < 4.78 is 5.24. The second-order valence-electron chi connectivity index (χ2n) is 6.42. The molecule has 4 aromatic rings. The Morgan fingerprint density at radius 2 is 1.81 bits per heavy atom. The van der Waals surface area contributed by atoms with E-state index in [2.05, 4.69) is 20.3 Å². The number of benzene rings is 1. The fraction of sp³-hybridized carbons (Fsp3) is 0.0455. The lowest BCUT2D eigenvalue weighted by Gasteiger charge is -2.10. The van der Waals surface area contributed by atoms with Gasteiger partial charge in [-0.3, -0.25) is 9.78 Å². The molecule has 4 rings (SSSR count). The van der Waals surface area contributed by atoms with E-state index in [0.29, 0.717) is 27.2 Å². The Morgan fingerprint density at radius 3 is 2.58 bits per heavy atom. The number of carbonyl (C=O) groups excluding carboxylic acids is 2. The number of carbonyl (C=O) groups is 2. The molecule has 0 spiro atoms. The number of nitrogens with one attached hydrogen (secondary N) is 1. The van der Waals surface area contributed by atoms with Gasteiger partial charge < -0.3 is 10.1 Å². The van der Waals surface area contributed by atoms with Crippen LogP contribution in [-0.2, 0) is 9.53 Å². The largest absolute Gasteiger partial charge is 0.452 e. The number of hydrogen-bond acceptors (Lipinski definition) is 6. The molecule has 1 amide bonds. The molecule has 0 aliphatic rings. The zero-order valence-electron chi connectivity index (χ0n) is 15.9. The average molecular weight is 453 g/mol. The molecule has 1 aromatic carbocycles. The Balaban J connectivity index is 1.55. The summed E-state index contributed by atoms with van der Waals surface area (Å²) in [5, 5.41) is 3.61. The molecule has 154 valence electrons. The molecule has 1 N–H and O–H groups in total. The topological polar surface area (TPSA) is 94.1 Å². The van der Waals surface area contributed by atoms with Crippen molar-refractivity contribution in [2.45, 2.75) is 0 Å². The van der Waals surface area contributed by atoms with Crippen LogP contribution in [0, 0.1) is 0 Å². The number of esters is 1. The number of para-hydroxylation sites is 1. The molecule has 0 saturated heterocycles. The van der Waals surface area contributed by atoms with Gasteiger partial charge in [0.1, 0.15) is 0 Å². The molecule has 9 heteroatoms. The van der Waals surface area contributed by atoms with Crippen molar-refractivity contribution < 1.29 is 14.3 Å². The summed E-state index contributed by atoms with van der Waals surface area (Å²) in [6.07, 6.45) is 4.63. The standard InChI is InChI=1S/C22H14Cl2N4O3/c23-14-9-17(24)21(26-11-14)28-20(29)12-31-22(30)16-10-19(13-5-7-25-8-6-13)27-18-4-2-1-3-15(16)18/h1-11H,12H2,(H,26,28,29). The predicted octanol–water partition coefficient (Wildman–Crippen LogP) is 4.79. The lowest BCUT2D eigenvalue weighted by atomic mass is 10.0. The number of aromatic nitrogens is 3. The first-order valence-corrected chi connectivity index (χ1v) is 9.85. The maximum Gasteiger partial charge on any atom is 0.339 e. The average Bonchev–Trinajstić information content (AvgIpc) is 2.79. The Labute approximate surface area is 187 Å². The van der Waals surface area contributed by atoms with Gasteiger partial charge in [0.25, 0.3) is 5.91 Å². The van der Waals surface area contributed by atoms with Gasteiger partial charge >= 0.3 is 5.97 Å². The van der Waals surface area contributed by atoms with Crippen LogP contribution in [0.5, 0.6) is 0 Å². The molecule has 0 fully saturated rings. The molecule has 0 unspecified atom stereocenters. The third-order valence-electron chi connectivity index (χ3n) is 4.31. The molecule has 0 saturated carbocycles. The van der Waals surface area contributed by atoms with Crippen LogP contribution < -0.4 is 5.32 Å². The zero-order chi connectivity index (χ0) is 21.8. The van der Waals surface area contributed by atoms with Crippen molar-refractivity contribution in [2.75, 3.05) is 11.9 Å². The van der Waals surface area contributed by atoms with E-state index >= 15 is 0 Å². The molecular formula is C22H14Cl2N4O3. The molecule has 0 aliphatic carbocycles. The van der Waals surface area contributed by atoms with Crippen LogP contribution in [-0.4, -0.2) is 33.4 Å². The minimum atomic E-state index is -0.654. The Morgan fingerprint density at radius 1 is 1.03 bits per heavy atom. The Kier molecular flexibility index (Phi) is 6.06. The van der Waals surface area contributed by atoms with Gasteiger partial charge in [-0.2, -0.15) is 0 Å². The highest BCUT2D eigenvalue weighted by atomic mass is 35.5. The fourth-order valence-electron chi connectivity index (χ4n) is 2.90. The first-order valence-electron chi connectivity index (χ1n) is 9.09. The van der Waals surface area contributed by atoms with Crippen LogP contribution in [0.25, 0.3) is 22.2 Å². The van der Waals surface area contributed by atoms with E-state index in [1.54, 1.807) is 48.8 Å². The smallest absolute Gasteiger partial charge is 0.339 e.